The lowest BCUT2D eigenvalue weighted by molar-refractivity contribution is -0.163. The largest absolute Gasteiger partial charge is 0.785 e. The Morgan fingerprint density at radius 1 is 1.00 bits per heavy atom. The van der Waals surface area contributed by atoms with Crippen LogP contribution >= 0.6 is 0 Å². The number of hydroxylamine groups is 2. The van der Waals surface area contributed by atoms with Crippen molar-refractivity contribution < 1.29 is 19.1 Å². The number of piperazine rings is 1. The van der Waals surface area contributed by atoms with E-state index in [0.717, 1.165) is 5.06 Å². The van der Waals surface area contributed by atoms with E-state index >= 15 is 0 Å². The van der Waals surface area contributed by atoms with E-state index in [1.165, 1.54) is 4.90 Å². The van der Waals surface area contributed by atoms with Crippen LogP contribution in [0.25, 0.3) is 0 Å². The Bertz CT molecular complexity index is 397. The summed E-state index contributed by atoms with van der Waals surface area (Å²) in [6, 6.07) is -0.940. The minimum absolute atomic E-state index is 0.103. The lowest BCUT2D eigenvalue weighted by Crippen LogP contribution is -2.58. The van der Waals surface area contributed by atoms with Gasteiger partial charge in [-0.15, -0.1) is 0 Å². The van der Waals surface area contributed by atoms with Crippen LogP contribution in [0, 0.1) is 5.21 Å². The SMILES string of the molecule is CC(C)(C)OC(=O)C1CN([O-])CCN1C(=O)OC(C)(C)C. The first kappa shape index (κ1) is 17.7. The zero-order valence-corrected chi connectivity index (χ0v) is 13.6. The van der Waals surface area contributed by atoms with Crippen LogP contribution in [0.2, 0.25) is 0 Å². The number of amides is 1. The Balaban J connectivity index is 2.84. The lowest BCUT2D eigenvalue weighted by atomic mass is 10.1. The monoisotopic (exact) mass is 301 g/mol. The Morgan fingerprint density at radius 3 is 2.00 bits per heavy atom. The second-order valence-corrected chi connectivity index (χ2v) is 7.11. The van der Waals surface area contributed by atoms with E-state index in [1.54, 1.807) is 41.5 Å². The Morgan fingerprint density at radius 2 is 1.52 bits per heavy atom. The fraction of sp³-hybridized carbons (Fsp3) is 0.857. The second kappa shape index (κ2) is 6.19. The lowest BCUT2D eigenvalue weighted by Gasteiger charge is -2.43. The van der Waals surface area contributed by atoms with Crippen LogP contribution in [0.15, 0.2) is 0 Å². The smallest absolute Gasteiger partial charge is 0.411 e. The van der Waals surface area contributed by atoms with E-state index in [9.17, 15) is 14.8 Å². The van der Waals surface area contributed by atoms with Gasteiger partial charge in [0.1, 0.15) is 17.2 Å². The van der Waals surface area contributed by atoms with Crippen molar-refractivity contribution in [1.82, 2.24) is 9.96 Å². The van der Waals surface area contributed by atoms with Crippen LogP contribution in [0.1, 0.15) is 41.5 Å². The van der Waals surface area contributed by atoms with Gasteiger partial charge in [0.15, 0.2) is 0 Å². The van der Waals surface area contributed by atoms with E-state index in [1.807, 2.05) is 0 Å². The molecule has 0 N–H and O–H groups in total. The average molecular weight is 301 g/mol. The Labute approximate surface area is 125 Å². The van der Waals surface area contributed by atoms with Crippen LogP contribution in [0.3, 0.4) is 0 Å². The van der Waals surface area contributed by atoms with Crippen molar-refractivity contribution in [2.75, 3.05) is 19.6 Å². The molecule has 1 fully saturated rings. The highest BCUT2D eigenvalue weighted by Gasteiger charge is 2.37. The maximum absolute atomic E-state index is 12.2. The summed E-state index contributed by atoms with van der Waals surface area (Å²) in [7, 11) is 0. The van der Waals surface area contributed by atoms with Crippen LogP contribution in [0.5, 0.6) is 0 Å². The zero-order chi connectivity index (χ0) is 16.4. The number of nitrogens with zero attached hydrogens (tertiary/aromatic N) is 2. The Hall–Kier alpha value is -1.34. The summed E-state index contributed by atoms with van der Waals surface area (Å²) in [5.74, 6) is -0.589. The van der Waals surface area contributed by atoms with Gasteiger partial charge in [0.05, 0.1) is 0 Å². The van der Waals surface area contributed by atoms with Crippen LogP contribution in [-0.2, 0) is 14.3 Å². The third-order valence-electron chi connectivity index (χ3n) is 2.65. The normalized spacial score (nSPS) is 21.1. The number of rotatable bonds is 1. The van der Waals surface area contributed by atoms with Crippen LogP contribution < -0.4 is 0 Å². The van der Waals surface area contributed by atoms with Crippen molar-refractivity contribution in [1.29, 1.82) is 0 Å². The molecule has 7 nitrogen and oxygen atoms in total. The molecule has 0 aliphatic carbocycles. The molecule has 21 heavy (non-hydrogen) atoms. The summed E-state index contributed by atoms with van der Waals surface area (Å²) in [6.45, 7) is 10.6. The summed E-state index contributed by atoms with van der Waals surface area (Å²) < 4.78 is 10.6. The van der Waals surface area contributed by atoms with Crippen molar-refractivity contribution in [3.63, 3.8) is 0 Å². The standard InChI is InChI=1S/C14H25N2O5/c1-13(2,3)20-11(17)10-9-15(19)7-8-16(10)12(18)21-14(4,5)6/h10H,7-9H2,1-6H3/q-1. The minimum atomic E-state index is -0.940. The molecule has 0 aromatic rings. The van der Waals surface area contributed by atoms with Gasteiger partial charge in [0.2, 0.25) is 0 Å². The number of carbonyl (C=O) groups excluding carboxylic acids is 2. The van der Waals surface area contributed by atoms with Gasteiger partial charge in [-0.25, -0.2) is 9.59 Å². The fourth-order valence-corrected chi connectivity index (χ4v) is 1.87. The van der Waals surface area contributed by atoms with Crippen molar-refractivity contribution >= 4 is 12.1 Å². The van der Waals surface area contributed by atoms with E-state index in [0.29, 0.717) is 0 Å². The molecular formula is C14H25N2O5-. The maximum atomic E-state index is 12.2. The summed E-state index contributed by atoms with van der Waals surface area (Å²) in [4.78, 5) is 25.7. The highest BCUT2D eigenvalue weighted by atomic mass is 16.6. The quantitative estimate of drug-likeness (QED) is 0.686. The molecule has 0 aromatic carbocycles. The molecule has 0 spiro atoms. The highest BCUT2D eigenvalue weighted by molar-refractivity contribution is 5.82. The first-order valence-electron chi connectivity index (χ1n) is 7.03. The zero-order valence-electron chi connectivity index (χ0n) is 13.6. The molecule has 1 amide bonds. The highest BCUT2D eigenvalue weighted by Crippen LogP contribution is 2.18. The summed E-state index contributed by atoms with van der Waals surface area (Å²) >= 11 is 0. The average Bonchev–Trinajstić information content (AvgIpc) is 2.23. The third-order valence-corrected chi connectivity index (χ3v) is 2.65. The molecule has 1 saturated heterocycles. The van der Waals surface area contributed by atoms with Crippen LogP contribution in [0.4, 0.5) is 4.79 Å². The molecule has 1 rings (SSSR count). The molecule has 7 heteroatoms. The number of hydrogen-bond donors (Lipinski definition) is 0. The molecule has 1 atom stereocenters. The maximum Gasteiger partial charge on any atom is 0.411 e. The number of carbonyl (C=O) groups is 2. The molecule has 122 valence electrons. The second-order valence-electron chi connectivity index (χ2n) is 7.11. The molecule has 1 aliphatic rings. The predicted molar refractivity (Wildman–Crippen MR) is 77.5 cm³/mol. The molecule has 1 heterocycles. The molecule has 0 bridgehead atoms. The summed E-state index contributed by atoms with van der Waals surface area (Å²) in [5, 5.41) is 12.3. The van der Waals surface area contributed by atoms with Crippen LogP contribution in [-0.4, -0.2) is 58.9 Å². The van der Waals surface area contributed by atoms with E-state index < -0.39 is 29.3 Å². The van der Waals surface area contributed by atoms with Gasteiger partial charge >= 0.3 is 12.1 Å². The third kappa shape index (κ3) is 5.89. The Kier molecular flexibility index (Phi) is 5.22. The summed E-state index contributed by atoms with van der Waals surface area (Å²) in [5.41, 5.74) is -1.34. The van der Waals surface area contributed by atoms with Gasteiger partial charge in [-0.05, 0) is 41.5 Å². The van der Waals surface area contributed by atoms with Gasteiger partial charge in [-0.3, -0.25) is 4.90 Å². The molecular weight excluding hydrogens is 276 g/mol. The molecule has 1 unspecified atom stereocenters. The van der Waals surface area contributed by atoms with Crippen molar-refractivity contribution in [3.8, 4) is 0 Å². The first-order chi connectivity index (χ1) is 9.39. The van der Waals surface area contributed by atoms with Gasteiger partial charge in [0.25, 0.3) is 0 Å². The number of hydrogen-bond acceptors (Lipinski definition) is 6. The topological polar surface area (TPSA) is 82.1 Å². The van der Waals surface area contributed by atoms with Crippen molar-refractivity contribution in [2.24, 2.45) is 0 Å². The van der Waals surface area contributed by atoms with E-state index in [4.69, 9.17) is 9.47 Å². The number of ether oxygens (including phenoxy) is 2. The van der Waals surface area contributed by atoms with Gasteiger partial charge in [0, 0.05) is 19.6 Å². The molecule has 0 aromatic heterocycles. The van der Waals surface area contributed by atoms with Gasteiger partial charge in [-0.2, -0.15) is 0 Å². The molecule has 0 radical (unpaired) electrons. The van der Waals surface area contributed by atoms with E-state index in [2.05, 4.69) is 0 Å². The van der Waals surface area contributed by atoms with Crippen molar-refractivity contribution in [3.05, 3.63) is 5.21 Å². The van der Waals surface area contributed by atoms with Gasteiger partial charge in [-0.1, -0.05) is 0 Å². The van der Waals surface area contributed by atoms with E-state index in [-0.39, 0.29) is 19.6 Å². The molecule has 0 saturated carbocycles. The minimum Gasteiger partial charge on any atom is -0.785 e. The fourth-order valence-electron chi connectivity index (χ4n) is 1.87. The number of esters is 1. The van der Waals surface area contributed by atoms with Gasteiger partial charge < -0.3 is 19.7 Å². The summed E-state index contributed by atoms with van der Waals surface area (Å²) in [6.07, 6.45) is -0.605. The predicted octanol–water partition coefficient (Wildman–Crippen LogP) is 1.75. The van der Waals surface area contributed by atoms with Crippen molar-refractivity contribution in [2.45, 2.75) is 58.8 Å². The molecule has 1 aliphatic heterocycles. The first-order valence-corrected chi connectivity index (χ1v) is 7.03.